The zero-order chi connectivity index (χ0) is 10.7. The van der Waals surface area contributed by atoms with Gasteiger partial charge < -0.3 is 15.0 Å². The number of carbonyl (C=O) groups excluding carboxylic acids is 1. The maximum Gasteiger partial charge on any atom is 0.242 e. The number of nitrogens with one attached hydrogen (secondary N) is 1. The standard InChI is InChI=1S/C11H20N2O2/c1-9-3-2-5-13(7-9)11(14)10-8-15-6-4-12-10/h9-10,12H,2-8H2,1H3. The fraction of sp³-hybridized carbons (Fsp3) is 0.909. The molecule has 0 aliphatic carbocycles. The van der Waals surface area contributed by atoms with E-state index in [1.54, 1.807) is 0 Å². The first-order chi connectivity index (χ1) is 7.27. The van der Waals surface area contributed by atoms with Crippen molar-refractivity contribution in [3.05, 3.63) is 0 Å². The molecule has 0 bridgehead atoms. The smallest absolute Gasteiger partial charge is 0.242 e. The Labute approximate surface area is 91.0 Å². The summed E-state index contributed by atoms with van der Waals surface area (Å²) in [6.07, 6.45) is 2.39. The highest BCUT2D eigenvalue weighted by molar-refractivity contribution is 5.82. The lowest BCUT2D eigenvalue weighted by Crippen LogP contribution is -2.54. The fourth-order valence-corrected chi connectivity index (χ4v) is 2.33. The van der Waals surface area contributed by atoms with Crippen LogP contribution in [-0.2, 0) is 9.53 Å². The molecule has 1 amide bonds. The van der Waals surface area contributed by atoms with Gasteiger partial charge in [-0.05, 0) is 18.8 Å². The van der Waals surface area contributed by atoms with E-state index in [-0.39, 0.29) is 11.9 Å². The average molecular weight is 212 g/mol. The quantitative estimate of drug-likeness (QED) is 0.676. The van der Waals surface area contributed by atoms with Crippen LogP contribution < -0.4 is 5.32 Å². The number of likely N-dealkylation sites (tertiary alicyclic amines) is 1. The van der Waals surface area contributed by atoms with Gasteiger partial charge in [0.25, 0.3) is 0 Å². The molecule has 0 radical (unpaired) electrons. The number of rotatable bonds is 1. The molecular weight excluding hydrogens is 192 g/mol. The molecule has 2 atom stereocenters. The summed E-state index contributed by atoms with van der Waals surface area (Å²) < 4.78 is 5.31. The summed E-state index contributed by atoms with van der Waals surface area (Å²) in [5.74, 6) is 0.869. The number of ether oxygens (including phenoxy) is 1. The van der Waals surface area contributed by atoms with Crippen LogP contribution in [0.5, 0.6) is 0 Å². The molecule has 0 aromatic heterocycles. The van der Waals surface area contributed by atoms with Gasteiger partial charge in [0.15, 0.2) is 0 Å². The second-order valence-corrected chi connectivity index (χ2v) is 4.61. The van der Waals surface area contributed by atoms with E-state index >= 15 is 0 Å². The van der Waals surface area contributed by atoms with Crippen molar-refractivity contribution in [1.82, 2.24) is 10.2 Å². The van der Waals surface area contributed by atoms with E-state index in [2.05, 4.69) is 12.2 Å². The zero-order valence-corrected chi connectivity index (χ0v) is 9.37. The second kappa shape index (κ2) is 4.94. The second-order valence-electron chi connectivity index (χ2n) is 4.61. The molecule has 0 aromatic carbocycles. The molecule has 2 fully saturated rings. The summed E-state index contributed by atoms with van der Waals surface area (Å²) in [4.78, 5) is 14.1. The predicted molar refractivity (Wildman–Crippen MR) is 57.6 cm³/mol. The van der Waals surface area contributed by atoms with Gasteiger partial charge in [0.05, 0.1) is 13.2 Å². The van der Waals surface area contributed by atoms with Crippen molar-refractivity contribution in [1.29, 1.82) is 0 Å². The van der Waals surface area contributed by atoms with E-state index in [1.165, 1.54) is 6.42 Å². The topological polar surface area (TPSA) is 41.6 Å². The number of amides is 1. The van der Waals surface area contributed by atoms with E-state index in [0.717, 1.165) is 32.7 Å². The van der Waals surface area contributed by atoms with Crippen molar-refractivity contribution in [3.8, 4) is 0 Å². The molecule has 86 valence electrons. The van der Waals surface area contributed by atoms with Crippen LogP contribution >= 0.6 is 0 Å². The van der Waals surface area contributed by atoms with Gasteiger partial charge in [-0.25, -0.2) is 0 Å². The highest BCUT2D eigenvalue weighted by atomic mass is 16.5. The molecule has 0 spiro atoms. The van der Waals surface area contributed by atoms with Crippen molar-refractivity contribution in [3.63, 3.8) is 0 Å². The molecule has 4 nitrogen and oxygen atoms in total. The minimum Gasteiger partial charge on any atom is -0.378 e. The van der Waals surface area contributed by atoms with Gasteiger partial charge in [0, 0.05) is 19.6 Å². The van der Waals surface area contributed by atoms with Crippen molar-refractivity contribution in [2.24, 2.45) is 5.92 Å². The molecular formula is C11H20N2O2. The van der Waals surface area contributed by atoms with Crippen LogP contribution in [0.25, 0.3) is 0 Å². The van der Waals surface area contributed by atoms with Crippen molar-refractivity contribution >= 4 is 5.91 Å². The third-order valence-corrected chi connectivity index (χ3v) is 3.19. The van der Waals surface area contributed by atoms with Gasteiger partial charge in [0.1, 0.15) is 6.04 Å². The van der Waals surface area contributed by atoms with Crippen LogP contribution in [0.4, 0.5) is 0 Å². The number of carbonyl (C=O) groups is 1. The Kier molecular flexibility index (Phi) is 3.59. The molecule has 2 aliphatic heterocycles. The average Bonchev–Trinajstić information content (AvgIpc) is 2.29. The SMILES string of the molecule is CC1CCCN(C(=O)C2COCCN2)C1. The van der Waals surface area contributed by atoms with Crippen LogP contribution in [0.3, 0.4) is 0 Å². The fourth-order valence-electron chi connectivity index (χ4n) is 2.33. The number of hydrogen-bond donors (Lipinski definition) is 1. The molecule has 2 rings (SSSR count). The third kappa shape index (κ3) is 2.69. The van der Waals surface area contributed by atoms with Crippen LogP contribution in [0, 0.1) is 5.92 Å². The monoisotopic (exact) mass is 212 g/mol. The molecule has 1 N–H and O–H groups in total. The largest absolute Gasteiger partial charge is 0.378 e. The molecule has 2 saturated heterocycles. The van der Waals surface area contributed by atoms with E-state index in [9.17, 15) is 4.79 Å². The van der Waals surface area contributed by atoms with Crippen LogP contribution in [0.15, 0.2) is 0 Å². The first-order valence-corrected chi connectivity index (χ1v) is 5.87. The number of morpholine rings is 1. The summed E-state index contributed by atoms with van der Waals surface area (Å²) in [5, 5.41) is 3.21. The summed E-state index contributed by atoms with van der Waals surface area (Å²) >= 11 is 0. The highest BCUT2D eigenvalue weighted by Gasteiger charge is 2.28. The van der Waals surface area contributed by atoms with Gasteiger partial charge in [-0.3, -0.25) is 4.79 Å². The molecule has 4 heteroatoms. The Morgan fingerprint density at radius 1 is 1.53 bits per heavy atom. The summed E-state index contributed by atoms with van der Waals surface area (Å²) in [6, 6.07) is -0.107. The molecule has 0 saturated carbocycles. The summed E-state index contributed by atoms with van der Waals surface area (Å²) in [6.45, 7) is 6.09. The number of hydrogen-bond acceptors (Lipinski definition) is 3. The van der Waals surface area contributed by atoms with E-state index in [4.69, 9.17) is 4.74 Å². The lowest BCUT2D eigenvalue weighted by atomic mass is 9.99. The van der Waals surface area contributed by atoms with Gasteiger partial charge in [-0.15, -0.1) is 0 Å². The third-order valence-electron chi connectivity index (χ3n) is 3.19. The normalized spacial score (nSPS) is 32.7. The number of piperidine rings is 1. The van der Waals surface area contributed by atoms with E-state index in [0.29, 0.717) is 12.5 Å². The minimum absolute atomic E-state index is 0.107. The Hall–Kier alpha value is -0.610. The molecule has 0 aromatic rings. The van der Waals surface area contributed by atoms with Crippen LogP contribution in [0.2, 0.25) is 0 Å². The Balaban J connectivity index is 1.88. The Morgan fingerprint density at radius 2 is 2.40 bits per heavy atom. The molecule has 2 unspecified atom stereocenters. The van der Waals surface area contributed by atoms with Crippen LogP contribution in [-0.4, -0.2) is 49.7 Å². The van der Waals surface area contributed by atoms with E-state index in [1.807, 2.05) is 4.90 Å². The van der Waals surface area contributed by atoms with Gasteiger partial charge in [0.2, 0.25) is 5.91 Å². The van der Waals surface area contributed by atoms with Gasteiger partial charge in [-0.2, -0.15) is 0 Å². The van der Waals surface area contributed by atoms with E-state index < -0.39 is 0 Å². The maximum absolute atomic E-state index is 12.1. The lowest BCUT2D eigenvalue weighted by Gasteiger charge is -2.34. The zero-order valence-electron chi connectivity index (χ0n) is 9.37. The van der Waals surface area contributed by atoms with Gasteiger partial charge in [-0.1, -0.05) is 6.92 Å². The predicted octanol–water partition coefficient (Wildman–Crippen LogP) is 0.233. The molecule has 15 heavy (non-hydrogen) atoms. The summed E-state index contributed by atoms with van der Waals surface area (Å²) in [5.41, 5.74) is 0. The minimum atomic E-state index is -0.107. The van der Waals surface area contributed by atoms with Gasteiger partial charge >= 0.3 is 0 Å². The van der Waals surface area contributed by atoms with Crippen LogP contribution in [0.1, 0.15) is 19.8 Å². The molecule has 2 heterocycles. The Bertz CT molecular complexity index is 227. The first kappa shape index (κ1) is 10.9. The maximum atomic E-state index is 12.1. The Morgan fingerprint density at radius 3 is 3.07 bits per heavy atom. The van der Waals surface area contributed by atoms with Crippen molar-refractivity contribution in [2.45, 2.75) is 25.8 Å². The molecule has 2 aliphatic rings. The number of nitrogens with zero attached hydrogens (tertiary/aromatic N) is 1. The van der Waals surface area contributed by atoms with Crippen molar-refractivity contribution < 1.29 is 9.53 Å². The lowest BCUT2D eigenvalue weighted by molar-refractivity contribution is -0.138. The first-order valence-electron chi connectivity index (χ1n) is 5.87. The highest BCUT2D eigenvalue weighted by Crippen LogP contribution is 2.16. The van der Waals surface area contributed by atoms with Crippen molar-refractivity contribution in [2.75, 3.05) is 32.8 Å². The summed E-state index contributed by atoms with van der Waals surface area (Å²) in [7, 11) is 0.